The Balaban J connectivity index is 1.49. The molecule has 29 heavy (non-hydrogen) atoms. The van der Waals surface area contributed by atoms with Crippen LogP contribution < -0.4 is 5.73 Å². The highest BCUT2D eigenvalue weighted by atomic mass is 19.3. The maximum Gasteiger partial charge on any atom is 0.314 e. The van der Waals surface area contributed by atoms with Gasteiger partial charge in [0.25, 0.3) is 5.89 Å². The normalized spacial score (nSPS) is 11.1. The highest BCUT2D eigenvalue weighted by molar-refractivity contribution is 5.93. The molecular formula is C19H14F2N6O2. The van der Waals surface area contributed by atoms with Gasteiger partial charge in [0.05, 0.1) is 29.8 Å². The van der Waals surface area contributed by atoms with Crippen LogP contribution in [0.3, 0.4) is 0 Å². The number of nitrogens with two attached hydrogens (primary N) is 1. The lowest BCUT2D eigenvalue weighted by molar-refractivity contribution is 0.1000. The quantitative estimate of drug-likeness (QED) is 0.536. The molecule has 1 aromatic carbocycles. The number of aromatic nitrogens is 5. The van der Waals surface area contributed by atoms with Crippen molar-refractivity contribution in [2.45, 2.75) is 13.0 Å². The van der Waals surface area contributed by atoms with Gasteiger partial charge in [-0.2, -0.15) is 8.78 Å². The lowest BCUT2D eigenvalue weighted by Gasteiger charge is -2.03. The van der Waals surface area contributed by atoms with Gasteiger partial charge in [0, 0.05) is 23.5 Å². The van der Waals surface area contributed by atoms with Crippen LogP contribution in [0.25, 0.3) is 22.7 Å². The summed E-state index contributed by atoms with van der Waals surface area (Å²) in [6.07, 6.45) is 2.13. The van der Waals surface area contributed by atoms with Crippen molar-refractivity contribution in [1.82, 2.24) is 24.7 Å². The fraction of sp³-hybridized carbons (Fsp3) is 0.105. The van der Waals surface area contributed by atoms with Gasteiger partial charge in [-0.05, 0) is 24.3 Å². The van der Waals surface area contributed by atoms with E-state index in [-0.39, 0.29) is 5.89 Å². The molecule has 3 aromatic heterocycles. The Morgan fingerprint density at radius 2 is 2.00 bits per heavy atom. The number of carbonyl (C=O) groups is 1. The minimum Gasteiger partial charge on any atom is -0.415 e. The second-order valence-electron chi connectivity index (χ2n) is 6.16. The van der Waals surface area contributed by atoms with Crippen LogP contribution in [-0.4, -0.2) is 30.6 Å². The van der Waals surface area contributed by atoms with Crippen molar-refractivity contribution in [3.63, 3.8) is 0 Å². The molecule has 10 heteroatoms. The van der Waals surface area contributed by atoms with Crippen LogP contribution in [0.2, 0.25) is 0 Å². The molecule has 8 nitrogen and oxygen atoms in total. The summed E-state index contributed by atoms with van der Waals surface area (Å²) in [5.41, 5.74) is 8.35. The summed E-state index contributed by atoms with van der Waals surface area (Å²) in [5, 5.41) is 6.89. The number of hydrogen-bond acceptors (Lipinski definition) is 6. The van der Waals surface area contributed by atoms with E-state index < -0.39 is 18.2 Å². The largest absolute Gasteiger partial charge is 0.415 e. The van der Waals surface area contributed by atoms with Gasteiger partial charge >= 0.3 is 6.43 Å². The summed E-state index contributed by atoms with van der Waals surface area (Å²) in [5.74, 6) is -1.24. The number of carbonyl (C=O) groups excluding carboxylic acids is 1. The van der Waals surface area contributed by atoms with E-state index in [1.165, 1.54) is 6.20 Å². The van der Waals surface area contributed by atoms with E-state index in [1.54, 1.807) is 36.7 Å². The van der Waals surface area contributed by atoms with E-state index in [0.29, 0.717) is 23.4 Å². The summed E-state index contributed by atoms with van der Waals surface area (Å²) < 4.78 is 31.8. The molecule has 0 saturated heterocycles. The first-order valence-corrected chi connectivity index (χ1v) is 8.48. The topological polar surface area (TPSA) is 113 Å². The first kappa shape index (κ1) is 18.4. The van der Waals surface area contributed by atoms with Gasteiger partial charge in [0.1, 0.15) is 0 Å². The van der Waals surface area contributed by atoms with Gasteiger partial charge in [0.15, 0.2) is 0 Å². The number of halogens is 2. The third kappa shape index (κ3) is 4.00. The fourth-order valence-electron chi connectivity index (χ4n) is 2.70. The van der Waals surface area contributed by atoms with E-state index in [9.17, 15) is 13.6 Å². The number of pyridine rings is 1. The van der Waals surface area contributed by atoms with Gasteiger partial charge in [-0.1, -0.05) is 12.1 Å². The summed E-state index contributed by atoms with van der Waals surface area (Å²) in [6, 6.07) is 10.3. The van der Waals surface area contributed by atoms with Crippen LogP contribution in [-0.2, 0) is 6.54 Å². The lowest BCUT2D eigenvalue weighted by Crippen LogP contribution is -2.10. The molecule has 0 bridgehead atoms. The number of alkyl halides is 2. The number of nitrogens with zero attached hydrogens (tertiary/aromatic N) is 5. The SMILES string of the molecule is NC(=O)c1cccc(-c2cn(Cc3ccc(-c4nnc(C(F)F)o4)cn3)cn2)c1. The van der Waals surface area contributed by atoms with Crippen molar-refractivity contribution in [2.75, 3.05) is 0 Å². The predicted octanol–water partition coefficient (Wildman–Crippen LogP) is 3.08. The molecular weight excluding hydrogens is 382 g/mol. The van der Waals surface area contributed by atoms with E-state index in [0.717, 1.165) is 11.3 Å². The Bertz CT molecular complexity index is 1150. The second kappa shape index (κ2) is 7.58. The van der Waals surface area contributed by atoms with Gasteiger partial charge in [-0.15, -0.1) is 10.2 Å². The molecule has 0 aliphatic rings. The zero-order valence-electron chi connectivity index (χ0n) is 14.9. The van der Waals surface area contributed by atoms with E-state index in [4.69, 9.17) is 10.2 Å². The Kier molecular flexibility index (Phi) is 4.82. The minimum absolute atomic E-state index is 0.0152. The third-order valence-electron chi connectivity index (χ3n) is 4.12. The fourth-order valence-corrected chi connectivity index (χ4v) is 2.70. The van der Waals surface area contributed by atoms with Crippen molar-refractivity contribution in [2.24, 2.45) is 5.73 Å². The number of imidazole rings is 1. The first-order valence-electron chi connectivity index (χ1n) is 8.48. The third-order valence-corrected chi connectivity index (χ3v) is 4.12. The average Bonchev–Trinajstić information content (AvgIpc) is 3.39. The molecule has 3 heterocycles. The molecule has 0 radical (unpaired) electrons. The highest BCUT2D eigenvalue weighted by Crippen LogP contribution is 2.23. The first-order chi connectivity index (χ1) is 14.0. The number of primary amides is 1. The standard InChI is InChI=1S/C19H14F2N6O2/c20-16(21)19-26-25-18(29-19)13-4-5-14(23-7-13)8-27-9-15(24-10-27)11-2-1-3-12(6-11)17(22)28/h1-7,9-10,16H,8H2,(H2,22,28). The molecule has 0 unspecified atom stereocenters. The Hall–Kier alpha value is -3.95. The van der Waals surface area contributed by atoms with Gasteiger partial charge < -0.3 is 14.7 Å². The molecule has 1 amide bonds. The zero-order chi connectivity index (χ0) is 20.4. The Morgan fingerprint density at radius 1 is 1.14 bits per heavy atom. The van der Waals surface area contributed by atoms with Crippen molar-refractivity contribution in [3.05, 3.63) is 72.3 Å². The number of benzene rings is 1. The molecule has 146 valence electrons. The second-order valence-corrected chi connectivity index (χ2v) is 6.16. The lowest BCUT2D eigenvalue weighted by atomic mass is 10.1. The smallest absolute Gasteiger partial charge is 0.314 e. The van der Waals surface area contributed by atoms with Crippen LogP contribution >= 0.6 is 0 Å². The zero-order valence-corrected chi connectivity index (χ0v) is 14.9. The van der Waals surface area contributed by atoms with Crippen LogP contribution in [0.15, 0.2) is 59.5 Å². The van der Waals surface area contributed by atoms with Crippen molar-refractivity contribution >= 4 is 5.91 Å². The van der Waals surface area contributed by atoms with E-state index >= 15 is 0 Å². The number of amides is 1. The monoisotopic (exact) mass is 396 g/mol. The molecule has 4 rings (SSSR count). The van der Waals surface area contributed by atoms with Crippen molar-refractivity contribution in [1.29, 1.82) is 0 Å². The highest BCUT2D eigenvalue weighted by Gasteiger charge is 2.17. The summed E-state index contributed by atoms with van der Waals surface area (Å²) in [4.78, 5) is 20.0. The molecule has 0 aliphatic carbocycles. The molecule has 0 atom stereocenters. The van der Waals surface area contributed by atoms with E-state index in [2.05, 4.69) is 20.2 Å². The molecule has 2 N–H and O–H groups in total. The van der Waals surface area contributed by atoms with E-state index in [1.807, 2.05) is 16.8 Å². The molecule has 4 aromatic rings. The molecule has 0 aliphatic heterocycles. The van der Waals surface area contributed by atoms with Crippen LogP contribution in [0.5, 0.6) is 0 Å². The number of hydrogen-bond donors (Lipinski definition) is 1. The van der Waals surface area contributed by atoms with Crippen LogP contribution in [0.4, 0.5) is 8.78 Å². The summed E-state index contributed by atoms with van der Waals surface area (Å²) in [7, 11) is 0. The maximum absolute atomic E-state index is 12.5. The van der Waals surface area contributed by atoms with Crippen LogP contribution in [0.1, 0.15) is 28.4 Å². The summed E-state index contributed by atoms with van der Waals surface area (Å²) in [6.45, 7) is 0.439. The van der Waals surface area contributed by atoms with Gasteiger partial charge in [-0.3, -0.25) is 9.78 Å². The molecule has 0 saturated carbocycles. The van der Waals surface area contributed by atoms with Crippen LogP contribution in [0, 0.1) is 0 Å². The molecule has 0 spiro atoms. The maximum atomic E-state index is 12.5. The Morgan fingerprint density at radius 3 is 2.69 bits per heavy atom. The van der Waals surface area contributed by atoms with Crippen molar-refractivity contribution in [3.8, 4) is 22.7 Å². The average molecular weight is 396 g/mol. The van der Waals surface area contributed by atoms with Gasteiger partial charge in [-0.25, -0.2) is 4.98 Å². The number of rotatable bonds is 6. The van der Waals surface area contributed by atoms with Crippen molar-refractivity contribution < 1.29 is 18.0 Å². The minimum atomic E-state index is -2.82. The van der Waals surface area contributed by atoms with Gasteiger partial charge in [0.2, 0.25) is 11.8 Å². The molecule has 0 fully saturated rings. The predicted molar refractivity (Wildman–Crippen MR) is 97.8 cm³/mol. The summed E-state index contributed by atoms with van der Waals surface area (Å²) >= 11 is 0. The Labute approximate surface area is 163 Å².